The standard InChI is InChI=1S/C14H15NO5/c1-2-15-13(18)6-4-3-5-7(8(6)14(15)19)10(17)12-11(20-12)9(5)16/h3,6-8,10-12,17H,2,4H2,1H3/t6-,7-,8+,10+,11-,12+/m1/s1. The Bertz CT molecular complexity index is 568. The molecule has 2 aliphatic heterocycles. The number of ketones is 1. The zero-order chi connectivity index (χ0) is 14.2. The molecule has 3 fully saturated rings. The van der Waals surface area contributed by atoms with E-state index < -0.39 is 36.1 Å². The lowest BCUT2D eigenvalue weighted by atomic mass is 9.66. The molecule has 4 rings (SSSR count). The molecule has 0 radical (unpaired) electrons. The lowest BCUT2D eigenvalue weighted by molar-refractivity contribution is -0.140. The largest absolute Gasteiger partial charge is 0.390 e. The molecule has 1 saturated carbocycles. The van der Waals surface area contributed by atoms with Gasteiger partial charge in [0.1, 0.15) is 12.2 Å². The molecular formula is C14H15NO5. The van der Waals surface area contributed by atoms with Gasteiger partial charge in [-0.2, -0.15) is 0 Å². The lowest BCUT2D eigenvalue weighted by Gasteiger charge is -2.35. The fourth-order valence-corrected chi connectivity index (χ4v) is 3.99. The molecule has 2 amide bonds. The van der Waals surface area contributed by atoms with Crippen molar-refractivity contribution >= 4 is 17.6 Å². The van der Waals surface area contributed by atoms with E-state index in [1.807, 2.05) is 0 Å². The molecule has 0 unspecified atom stereocenters. The molecule has 4 aliphatic rings. The number of allylic oxidation sites excluding steroid dienone is 1. The SMILES string of the molecule is CCN1C(=O)[C@@H]2[C@H]3C(=CC[C@H]2C1=O)C(=O)[C@H]1O[C@H]1[C@H]3O. The highest BCUT2D eigenvalue weighted by atomic mass is 16.6. The second-order valence-electron chi connectivity index (χ2n) is 5.85. The molecule has 6 heteroatoms. The predicted molar refractivity (Wildman–Crippen MR) is 65.2 cm³/mol. The molecule has 0 spiro atoms. The molecule has 20 heavy (non-hydrogen) atoms. The summed E-state index contributed by atoms with van der Waals surface area (Å²) in [6.45, 7) is 2.09. The number of fused-ring (bicyclic) bond motifs is 4. The van der Waals surface area contributed by atoms with E-state index in [1.165, 1.54) is 4.90 Å². The van der Waals surface area contributed by atoms with Gasteiger partial charge in [-0.05, 0) is 13.3 Å². The summed E-state index contributed by atoms with van der Waals surface area (Å²) in [7, 11) is 0. The zero-order valence-corrected chi connectivity index (χ0v) is 11.0. The quantitative estimate of drug-likeness (QED) is 0.504. The Labute approximate surface area is 115 Å². The first-order chi connectivity index (χ1) is 9.56. The van der Waals surface area contributed by atoms with Gasteiger partial charge in [-0.1, -0.05) is 6.08 Å². The van der Waals surface area contributed by atoms with Crippen LogP contribution in [0.2, 0.25) is 0 Å². The molecule has 0 aromatic heterocycles. The van der Waals surface area contributed by atoms with Crippen molar-refractivity contribution in [2.24, 2.45) is 17.8 Å². The van der Waals surface area contributed by atoms with Gasteiger partial charge < -0.3 is 9.84 Å². The van der Waals surface area contributed by atoms with Crippen molar-refractivity contribution in [3.8, 4) is 0 Å². The number of hydrogen-bond donors (Lipinski definition) is 1. The Balaban J connectivity index is 1.77. The minimum Gasteiger partial charge on any atom is -0.390 e. The summed E-state index contributed by atoms with van der Waals surface area (Å²) in [5, 5.41) is 10.3. The van der Waals surface area contributed by atoms with E-state index in [0.717, 1.165) is 0 Å². The number of epoxide rings is 1. The summed E-state index contributed by atoms with van der Waals surface area (Å²) in [5.74, 6) is -2.20. The molecular weight excluding hydrogens is 262 g/mol. The molecule has 6 atom stereocenters. The Morgan fingerprint density at radius 1 is 1.30 bits per heavy atom. The fourth-order valence-electron chi connectivity index (χ4n) is 3.99. The van der Waals surface area contributed by atoms with E-state index in [4.69, 9.17) is 4.74 Å². The minimum atomic E-state index is -0.870. The Morgan fingerprint density at radius 2 is 2.05 bits per heavy atom. The number of imide groups is 1. The topological polar surface area (TPSA) is 87.2 Å². The average Bonchev–Trinajstić information content (AvgIpc) is 3.20. The monoisotopic (exact) mass is 277 g/mol. The van der Waals surface area contributed by atoms with Crippen LogP contribution in [0.1, 0.15) is 13.3 Å². The highest BCUT2D eigenvalue weighted by molar-refractivity contribution is 6.09. The third-order valence-electron chi connectivity index (χ3n) is 4.99. The van der Waals surface area contributed by atoms with Crippen molar-refractivity contribution in [1.29, 1.82) is 0 Å². The highest BCUT2D eigenvalue weighted by Gasteiger charge is 2.64. The number of hydrogen-bond acceptors (Lipinski definition) is 5. The summed E-state index contributed by atoms with van der Waals surface area (Å²) in [6, 6.07) is 0. The molecule has 2 saturated heterocycles. The van der Waals surface area contributed by atoms with Crippen molar-refractivity contribution in [3.63, 3.8) is 0 Å². The first-order valence-electron chi connectivity index (χ1n) is 6.99. The molecule has 0 aromatic carbocycles. The normalized spacial score (nSPS) is 45.8. The van der Waals surface area contributed by atoms with Crippen molar-refractivity contribution in [3.05, 3.63) is 11.6 Å². The summed E-state index contributed by atoms with van der Waals surface area (Å²) in [5.41, 5.74) is 0.483. The van der Waals surface area contributed by atoms with Crippen molar-refractivity contribution < 1.29 is 24.2 Å². The summed E-state index contributed by atoms with van der Waals surface area (Å²) in [6.07, 6.45) is 0.207. The lowest BCUT2D eigenvalue weighted by Crippen LogP contribution is -2.47. The van der Waals surface area contributed by atoms with E-state index in [1.54, 1.807) is 13.0 Å². The maximum Gasteiger partial charge on any atom is 0.233 e. The second-order valence-corrected chi connectivity index (χ2v) is 5.85. The third-order valence-corrected chi connectivity index (χ3v) is 4.99. The molecule has 6 nitrogen and oxygen atoms in total. The van der Waals surface area contributed by atoms with Crippen LogP contribution >= 0.6 is 0 Å². The molecule has 0 aromatic rings. The van der Waals surface area contributed by atoms with Crippen LogP contribution in [0.15, 0.2) is 11.6 Å². The smallest absolute Gasteiger partial charge is 0.233 e. The van der Waals surface area contributed by atoms with Crippen molar-refractivity contribution in [2.75, 3.05) is 6.54 Å². The van der Waals surface area contributed by atoms with Crippen molar-refractivity contribution in [2.45, 2.75) is 31.7 Å². The van der Waals surface area contributed by atoms with Gasteiger partial charge in [-0.25, -0.2) is 0 Å². The van der Waals surface area contributed by atoms with E-state index in [-0.39, 0.29) is 17.6 Å². The number of nitrogens with zero attached hydrogens (tertiary/aromatic N) is 1. The maximum atomic E-state index is 12.4. The van der Waals surface area contributed by atoms with Crippen LogP contribution in [0.3, 0.4) is 0 Å². The van der Waals surface area contributed by atoms with Crippen LogP contribution in [-0.4, -0.2) is 52.5 Å². The fraction of sp³-hybridized carbons (Fsp3) is 0.643. The average molecular weight is 277 g/mol. The van der Waals surface area contributed by atoms with Gasteiger partial charge in [0.25, 0.3) is 0 Å². The first-order valence-corrected chi connectivity index (χ1v) is 6.99. The van der Waals surface area contributed by atoms with Crippen LogP contribution in [-0.2, 0) is 19.1 Å². The highest BCUT2D eigenvalue weighted by Crippen LogP contribution is 2.50. The zero-order valence-electron chi connectivity index (χ0n) is 11.0. The van der Waals surface area contributed by atoms with Gasteiger partial charge >= 0.3 is 0 Å². The Hall–Kier alpha value is -1.53. The first kappa shape index (κ1) is 12.2. The van der Waals surface area contributed by atoms with Gasteiger partial charge in [0.05, 0.1) is 17.9 Å². The molecule has 1 N–H and O–H groups in total. The van der Waals surface area contributed by atoms with E-state index >= 15 is 0 Å². The van der Waals surface area contributed by atoms with Crippen LogP contribution < -0.4 is 0 Å². The summed E-state index contributed by atoms with van der Waals surface area (Å²) in [4.78, 5) is 38.0. The number of carbonyl (C=O) groups is 3. The van der Waals surface area contributed by atoms with Gasteiger partial charge in [0.2, 0.25) is 11.8 Å². The number of aliphatic hydroxyl groups excluding tert-OH is 1. The Kier molecular flexibility index (Phi) is 2.30. The number of amides is 2. The van der Waals surface area contributed by atoms with Gasteiger partial charge in [-0.3, -0.25) is 19.3 Å². The van der Waals surface area contributed by atoms with Crippen LogP contribution in [0.4, 0.5) is 0 Å². The van der Waals surface area contributed by atoms with Crippen LogP contribution in [0.5, 0.6) is 0 Å². The van der Waals surface area contributed by atoms with Gasteiger partial charge in [-0.15, -0.1) is 0 Å². The number of rotatable bonds is 1. The van der Waals surface area contributed by atoms with Crippen LogP contribution in [0.25, 0.3) is 0 Å². The van der Waals surface area contributed by atoms with E-state index in [2.05, 4.69) is 0 Å². The van der Waals surface area contributed by atoms with Gasteiger partial charge in [0.15, 0.2) is 5.78 Å². The molecule has 2 aliphatic carbocycles. The van der Waals surface area contributed by atoms with E-state index in [9.17, 15) is 19.5 Å². The second kappa shape index (κ2) is 3.77. The van der Waals surface area contributed by atoms with Gasteiger partial charge in [0, 0.05) is 18.0 Å². The third kappa shape index (κ3) is 1.28. The maximum absolute atomic E-state index is 12.4. The Morgan fingerprint density at radius 3 is 2.75 bits per heavy atom. The molecule has 2 heterocycles. The minimum absolute atomic E-state index is 0.126. The number of likely N-dealkylation sites (tertiary alicyclic amines) is 1. The number of ether oxygens (including phenoxy) is 1. The molecule has 0 bridgehead atoms. The number of aliphatic hydroxyl groups is 1. The molecule has 106 valence electrons. The van der Waals surface area contributed by atoms with Crippen molar-refractivity contribution in [1.82, 2.24) is 4.90 Å². The summed E-state index contributed by atoms with van der Waals surface area (Å²) >= 11 is 0. The van der Waals surface area contributed by atoms with E-state index in [0.29, 0.717) is 18.5 Å². The summed E-state index contributed by atoms with van der Waals surface area (Å²) < 4.78 is 5.21. The number of Topliss-reactive ketones (excluding diaryl/α,β-unsaturated/α-hetero) is 1. The van der Waals surface area contributed by atoms with Crippen LogP contribution in [0, 0.1) is 17.8 Å². The predicted octanol–water partition coefficient (Wildman–Crippen LogP) is -0.735. The number of carbonyl (C=O) groups excluding carboxylic acids is 3.